The van der Waals surface area contributed by atoms with Crippen molar-refractivity contribution in [1.82, 2.24) is 4.98 Å². The van der Waals surface area contributed by atoms with Crippen LogP contribution in [0.3, 0.4) is 0 Å². The van der Waals surface area contributed by atoms with Gasteiger partial charge < -0.3 is 5.32 Å². The summed E-state index contributed by atoms with van der Waals surface area (Å²) in [5, 5.41) is 4.77. The molecule has 0 radical (unpaired) electrons. The number of aromatic nitrogens is 1. The number of nitrogens with zero attached hydrogens (tertiary/aromatic N) is 1. The first-order valence-corrected chi connectivity index (χ1v) is 8.06. The second-order valence-electron chi connectivity index (χ2n) is 5.25. The number of fused-ring (bicyclic) bond motifs is 1. The SMILES string of the molecule is Cc1cc(CNc2ccc(I)cc2C)c2ccccc2n1. The van der Waals surface area contributed by atoms with Crippen LogP contribution in [0, 0.1) is 17.4 Å². The molecule has 0 unspecified atom stereocenters. The van der Waals surface area contributed by atoms with Crippen LogP contribution in [0.5, 0.6) is 0 Å². The van der Waals surface area contributed by atoms with E-state index in [1.54, 1.807) is 0 Å². The molecule has 0 saturated carbocycles. The molecule has 3 heteroatoms. The molecule has 0 saturated heterocycles. The van der Waals surface area contributed by atoms with E-state index < -0.39 is 0 Å². The summed E-state index contributed by atoms with van der Waals surface area (Å²) >= 11 is 2.34. The van der Waals surface area contributed by atoms with E-state index in [4.69, 9.17) is 0 Å². The highest BCUT2D eigenvalue weighted by molar-refractivity contribution is 14.1. The van der Waals surface area contributed by atoms with E-state index in [-0.39, 0.29) is 0 Å². The number of benzene rings is 2. The average molecular weight is 388 g/mol. The van der Waals surface area contributed by atoms with Gasteiger partial charge in [0.25, 0.3) is 0 Å². The second-order valence-corrected chi connectivity index (χ2v) is 6.50. The summed E-state index contributed by atoms with van der Waals surface area (Å²) in [6, 6.07) is 16.9. The third kappa shape index (κ3) is 3.18. The molecule has 0 aliphatic carbocycles. The standard InChI is InChI=1S/C18H17IN2/c1-12-9-15(19)7-8-17(12)20-11-14-10-13(2)21-18-6-4-3-5-16(14)18/h3-10,20H,11H2,1-2H3. The Morgan fingerprint density at radius 3 is 2.67 bits per heavy atom. The Morgan fingerprint density at radius 2 is 1.86 bits per heavy atom. The normalized spacial score (nSPS) is 10.8. The average Bonchev–Trinajstić information content (AvgIpc) is 2.46. The van der Waals surface area contributed by atoms with Gasteiger partial charge in [0.15, 0.2) is 0 Å². The maximum atomic E-state index is 4.59. The minimum absolute atomic E-state index is 0.811. The zero-order chi connectivity index (χ0) is 14.8. The maximum absolute atomic E-state index is 4.59. The molecule has 0 aliphatic rings. The maximum Gasteiger partial charge on any atom is 0.0708 e. The van der Waals surface area contributed by atoms with Crippen LogP contribution in [0.1, 0.15) is 16.8 Å². The fourth-order valence-corrected chi connectivity index (χ4v) is 3.20. The number of halogens is 1. The molecule has 0 aliphatic heterocycles. The molecular weight excluding hydrogens is 371 g/mol. The number of para-hydroxylation sites is 1. The van der Waals surface area contributed by atoms with Gasteiger partial charge in [-0.1, -0.05) is 18.2 Å². The molecule has 0 bridgehead atoms. The van der Waals surface area contributed by atoms with Crippen LogP contribution in [0.15, 0.2) is 48.5 Å². The molecule has 2 nitrogen and oxygen atoms in total. The lowest BCUT2D eigenvalue weighted by Crippen LogP contribution is -2.03. The molecule has 0 atom stereocenters. The first kappa shape index (κ1) is 14.3. The van der Waals surface area contributed by atoms with Gasteiger partial charge in [-0.15, -0.1) is 0 Å². The Morgan fingerprint density at radius 1 is 1.05 bits per heavy atom. The van der Waals surface area contributed by atoms with E-state index >= 15 is 0 Å². The van der Waals surface area contributed by atoms with E-state index in [2.05, 4.69) is 82.3 Å². The lowest BCUT2D eigenvalue weighted by molar-refractivity contribution is 1.12. The van der Waals surface area contributed by atoms with Crippen LogP contribution in [-0.2, 0) is 6.54 Å². The molecule has 1 aromatic heterocycles. The van der Waals surface area contributed by atoms with Crippen molar-refractivity contribution < 1.29 is 0 Å². The molecule has 3 rings (SSSR count). The monoisotopic (exact) mass is 388 g/mol. The van der Waals surface area contributed by atoms with Gasteiger partial charge in [-0.05, 0) is 77.9 Å². The molecule has 2 aromatic carbocycles. The Hall–Kier alpha value is -1.62. The van der Waals surface area contributed by atoms with Crippen LogP contribution >= 0.6 is 22.6 Å². The Kier molecular flexibility index (Phi) is 4.10. The molecular formula is C18H17IN2. The Labute approximate surface area is 138 Å². The molecule has 0 spiro atoms. The summed E-state index contributed by atoms with van der Waals surface area (Å²) in [6.07, 6.45) is 0. The fraction of sp³-hybridized carbons (Fsp3) is 0.167. The van der Waals surface area contributed by atoms with Gasteiger partial charge in [0, 0.05) is 26.9 Å². The minimum atomic E-state index is 0.811. The largest absolute Gasteiger partial charge is 0.381 e. The number of hydrogen-bond acceptors (Lipinski definition) is 2. The van der Waals surface area contributed by atoms with E-state index in [9.17, 15) is 0 Å². The van der Waals surface area contributed by atoms with Crippen molar-refractivity contribution in [3.05, 3.63) is 68.9 Å². The van der Waals surface area contributed by atoms with Crippen LogP contribution in [-0.4, -0.2) is 4.98 Å². The Bertz CT molecular complexity index is 796. The number of aryl methyl sites for hydroxylation is 2. The van der Waals surface area contributed by atoms with Gasteiger partial charge in [0.2, 0.25) is 0 Å². The van der Waals surface area contributed by atoms with Crippen molar-refractivity contribution >= 4 is 39.2 Å². The van der Waals surface area contributed by atoms with Gasteiger partial charge in [0.1, 0.15) is 0 Å². The summed E-state index contributed by atoms with van der Waals surface area (Å²) in [4.78, 5) is 4.59. The van der Waals surface area contributed by atoms with Gasteiger partial charge in [-0.25, -0.2) is 0 Å². The smallest absolute Gasteiger partial charge is 0.0708 e. The quantitative estimate of drug-likeness (QED) is 0.634. The van der Waals surface area contributed by atoms with Crippen molar-refractivity contribution in [2.24, 2.45) is 0 Å². The number of pyridine rings is 1. The summed E-state index contributed by atoms with van der Waals surface area (Å²) in [5.41, 5.74) is 5.88. The van der Waals surface area contributed by atoms with E-state index in [0.29, 0.717) is 0 Å². The first-order chi connectivity index (χ1) is 10.1. The topological polar surface area (TPSA) is 24.9 Å². The van der Waals surface area contributed by atoms with Crippen LogP contribution < -0.4 is 5.32 Å². The van der Waals surface area contributed by atoms with Crippen molar-refractivity contribution in [2.75, 3.05) is 5.32 Å². The molecule has 0 fully saturated rings. The van der Waals surface area contributed by atoms with Crippen LogP contribution in [0.2, 0.25) is 0 Å². The van der Waals surface area contributed by atoms with Gasteiger partial charge in [-0.3, -0.25) is 4.98 Å². The lowest BCUT2D eigenvalue weighted by Gasteiger charge is -2.12. The van der Waals surface area contributed by atoms with Gasteiger partial charge in [0.05, 0.1) is 5.52 Å². The van der Waals surface area contributed by atoms with Gasteiger partial charge >= 0.3 is 0 Å². The molecule has 3 aromatic rings. The second kappa shape index (κ2) is 6.02. The highest BCUT2D eigenvalue weighted by atomic mass is 127. The molecule has 106 valence electrons. The molecule has 1 heterocycles. The molecule has 21 heavy (non-hydrogen) atoms. The highest BCUT2D eigenvalue weighted by Gasteiger charge is 2.04. The predicted molar refractivity (Wildman–Crippen MR) is 97.7 cm³/mol. The van der Waals surface area contributed by atoms with Crippen molar-refractivity contribution in [3.8, 4) is 0 Å². The zero-order valence-corrected chi connectivity index (χ0v) is 14.3. The van der Waals surface area contributed by atoms with Crippen LogP contribution in [0.25, 0.3) is 10.9 Å². The molecule has 1 N–H and O–H groups in total. The van der Waals surface area contributed by atoms with E-state index in [1.165, 1.54) is 25.8 Å². The summed E-state index contributed by atoms with van der Waals surface area (Å²) in [6.45, 7) is 5.00. The van der Waals surface area contributed by atoms with Gasteiger partial charge in [-0.2, -0.15) is 0 Å². The highest BCUT2D eigenvalue weighted by Crippen LogP contribution is 2.22. The predicted octanol–water partition coefficient (Wildman–Crippen LogP) is 5.07. The minimum Gasteiger partial charge on any atom is -0.381 e. The molecule has 0 amide bonds. The van der Waals surface area contributed by atoms with E-state index in [1.807, 2.05) is 13.0 Å². The Balaban J connectivity index is 1.91. The zero-order valence-electron chi connectivity index (χ0n) is 12.2. The van der Waals surface area contributed by atoms with Crippen molar-refractivity contribution in [1.29, 1.82) is 0 Å². The number of rotatable bonds is 3. The summed E-state index contributed by atoms with van der Waals surface area (Å²) in [7, 11) is 0. The number of nitrogens with one attached hydrogen (secondary N) is 1. The van der Waals surface area contributed by atoms with Crippen molar-refractivity contribution in [3.63, 3.8) is 0 Å². The summed E-state index contributed by atoms with van der Waals surface area (Å²) < 4.78 is 1.26. The van der Waals surface area contributed by atoms with Crippen molar-refractivity contribution in [2.45, 2.75) is 20.4 Å². The first-order valence-electron chi connectivity index (χ1n) is 6.99. The summed E-state index contributed by atoms with van der Waals surface area (Å²) in [5.74, 6) is 0. The fourth-order valence-electron chi connectivity index (χ4n) is 2.56. The number of anilines is 1. The lowest BCUT2D eigenvalue weighted by atomic mass is 10.1. The van der Waals surface area contributed by atoms with Crippen LogP contribution in [0.4, 0.5) is 5.69 Å². The number of hydrogen-bond donors (Lipinski definition) is 1. The third-order valence-electron chi connectivity index (χ3n) is 3.59. The third-order valence-corrected chi connectivity index (χ3v) is 4.26. The van der Waals surface area contributed by atoms with E-state index in [0.717, 1.165) is 17.8 Å².